The third-order valence-corrected chi connectivity index (χ3v) is 2.38. The van der Waals surface area contributed by atoms with Crippen molar-refractivity contribution in [2.45, 2.75) is 13.5 Å². The average Bonchev–Trinajstić information content (AvgIpc) is 2.76. The van der Waals surface area contributed by atoms with Crippen LogP contribution in [0.3, 0.4) is 0 Å². The van der Waals surface area contributed by atoms with E-state index in [1.807, 2.05) is 0 Å². The number of nitrogens with one attached hydrogen (secondary N) is 1. The number of carbonyl (C=O) groups is 1. The van der Waals surface area contributed by atoms with Gasteiger partial charge in [0.25, 0.3) is 5.91 Å². The molecule has 1 amide bonds. The zero-order valence-electron chi connectivity index (χ0n) is 9.74. The van der Waals surface area contributed by atoms with Crippen LogP contribution in [0.1, 0.15) is 21.9 Å². The maximum absolute atomic E-state index is 13.5. The monoisotopic (exact) mass is 249 g/mol. The van der Waals surface area contributed by atoms with Gasteiger partial charge in [0.2, 0.25) is 0 Å². The van der Waals surface area contributed by atoms with Crippen molar-refractivity contribution in [2.75, 3.05) is 5.73 Å². The van der Waals surface area contributed by atoms with E-state index in [1.54, 1.807) is 19.1 Å². The van der Waals surface area contributed by atoms with E-state index in [2.05, 4.69) is 10.3 Å². The van der Waals surface area contributed by atoms with Gasteiger partial charge in [-0.1, -0.05) is 0 Å². The molecule has 2 heterocycles. The molecule has 0 unspecified atom stereocenters. The Morgan fingerprint density at radius 3 is 2.94 bits per heavy atom. The van der Waals surface area contributed by atoms with Gasteiger partial charge in [-0.3, -0.25) is 4.79 Å². The zero-order chi connectivity index (χ0) is 13.1. The highest BCUT2D eigenvalue weighted by Crippen LogP contribution is 2.12. The van der Waals surface area contributed by atoms with Gasteiger partial charge in [0, 0.05) is 6.20 Å². The summed E-state index contributed by atoms with van der Waals surface area (Å²) < 4.78 is 18.8. The van der Waals surface area contributed by atoms with Crippen LogP contribution in [0.5, 0.6) is 0 Å². The van der Waals surface area contributed by atoms with Crippen LogP contribution in [0.4, 0.5) is 10.2 Å². The minimum absolute atomic E-state index is 0.134. The Hall–Kier alpha value is -2.37. The highest BCUT2D eigenvalue weighted by Gasteiger charge is 2.14. The van der Waals surface area contributed by atoms with Crippen molar-refractivity contribution in [1.29, 1.82) is 0 Å². The number of carbonyl (C=O) groups excluding carboxylic acids is 1. The molecule has 2 aromatic heterocycles. The van der Waals surface area contributed by atoms with E-state index in [9.17, 15) is 9.18 Å². The van der Waals surface area contributed by atoms with Crippen molar-refractivity contribution in [3.8, 4) is 0 Å². The number of pyridine rings is 1. The van der Waals surface area contributed by atoms with Crippen LogP contribution in [0.25, 0.3) is 0 Å². The van der Waals surface area contributed by atoms with Crippen LogP contribution in [-0.2, 0) is 6.54 Å². The van der Waals surface area contributed by atoms with Gasteiger partial charge in [0.1, 0.15) is 11.5 Å². The molecule has 0 fully saturated rings. The van der Waals surface area contributed by atoms with E-state index in [-0.39, 0.29) is 17.9 Å². The minimum Gasteiger partial charge on any atom is -0.465 e. The van der Waals surface area contributed by atoms with Gasteiger partial charge in [-0.15, -0.1) is 0 Å². The number of aromatic nitrogens is 1. The molecule has 0 bridgehead atoms. The summed E-state index contributed by atoms with van der Waals surface area (Å²) in [5.41, 5.74) is 5.15. The van der Waals surface area contributed by atoms with Crippen LogP contribution in [0.2, 0.25) is 0 Å². The van der Waals surface area contributed by atoms with E-state index in [4.69, 9.17) is 10.2 Å². The summed E-state index contributed by atoms with van der Waals surface area (Å²) in [6.45, 7) is 1.99. The summed E-state index contributed by atoms with van der Waals surface area (Å²) in [6.07, 6.45) is 1.28. The van der Waals surface area contributed by atoms with Crippen molar-refractivity contribution < 1.29 is 13.6 Å². The topological polar surface area (TPSA) is 81.2 Å². The van der Waals surface area contributed by atoms with E-state index in [1.165, 1.54) is 12.3 Å². The number of hydrogen-bond donors (Lipinski definition) is 2. The Morgan fingerprint density at radius 1 is 1.50 bits per heavy atom. The highest BCUT2D eigenvalue weighted by atomic mass is 19.1. The standard InChI is InChI=1S/C12H12FN3O2/c1-7-2-3-8(18-7)6-16-12(17)9-4-5-15-11(14)10(9)13/h2-5H,6H2,1H3,(H2,14,15)(H,16,17). The predicted octanol–water partition coefficient (Wildman–Crippen LogP) is 1.63. The number of anilines is 1. The van der Waals surface area contributed by atoms with Gasteiger partial charge >= 0.3 is 0 Å². The number of furan rings is 1. The van der Waals surface area contributed by atoms with Gasteiger partial charge < -0.3 is 15.5 Å². The second-order valence-electron chi connectivity index (χ2n) is 3.75. The molecule has 0 aliphatic heterocycles. The maximum atomic E-state index is 13.5. The molecule has 0 aromatic carbocycles. The number of nitrogens with two attached hydrogens (primary N) is 1. The molecule has 6 heteroatoms. The summed E-state index contributed by atoms with van der Waals surface area (Å²) in [5, 5.41) is 2.54. The Balaban J connectivity index is 2.06. The van der Waals surface area contributed by atoms with Gasteiger partial charge in [-0.25, -0.2) is 9.37 Å². The van der Waals surface area contributed by atoms with Crippen molar-refractivity contribution >= 4 is 11.7 Å². The number of nitrogen functional groups attached to an aromatic ring is 1. The molecule has 2 rings (SSSR count). The summed E-state index contributed by atoms with van der Waals surface area (Å²) in [4.78, 5) is 15.3. The number of halogens is 1. The van der Waals surface area contributed by atoms with Gasteiger partial charge in [0.05, 0.1) is 12.1 Å². The zero-order valence-corrected chi connectivity index (χ0v) is 9.74. The Morgan fingerprint density at radius 2 is 2.28 bits per heavy atom. The second kappa shape index (κ2) is 4.87. The van der Waals surface area contributed by atoms with Crippen molar-refractivity contribution in [2.24, 2.45) is 0 Å². The van der Waals surface area contributed by atoms with Crippen molar-refractivity contribution in [3.05, 3.63) is 47.3 Å². The first kappa shape index (κ1) is 12.1. The molecule has 0 saturated heterocycles. The van der Waals surface area contributed by atoms with E-state index in [0.29, 0.717) is 5.76 Å². The molecular formula is C12H12FN3O2. The number of nitrogens with zero attached hydrogens (tertiary/aromatic N) is 1. The molecule has 0 spiro atoms. The third-order valence-electron chi connectivity index (χ3n) is 2.38. The highest BCUT2D eigenvalue weighted by molar-refractivity contribution is 5.94. The first-order valence-electron chi connectivity index (χ1n) is 5.31. The lowest BCUT2D eigenvalue weighted by molar-refractivity contribution is 0.0944. The molecule has 0 aliphatic carbocycles. The molecule has 0 aliphatic rings. The summed E-state index contributed by atoms with van der Waals surface area (Å²) in [5.74, 6) is -0.320. The van der Waals surface area contributed by atoms with Crippen LogP contribution in [0.15, 0.2) is 28.8 Å². The Kier molecular flexibility index (Phi) is 3.27. The van der Waals surface area contributed by atoms with Gasteiger partial charge in [0.15, 0.2) is 11.6 Å². The molecule has 0 saturated carbocycles. The smallest absolute Gasteiger partial charge is 0.254 e. The molecule has 5 nitrogen and oxygen atoms in total. The van der Waals surface area contributed by atoms with Crippen LogP contribution >= 0.6 is 0 Å². The summed E-state index contributed by atoms with van der Waals surface area (Å²) in [6, 6.07) is 4.80. The lowest BCUT2D eigenvalue weighted by Crippen LogP contribution is -2.24. The fraction of sp³-hybridized carbons (Fsp3) is 0.167. The molecule has 3 N–H and O–H groups in total. The number of aryl methyl sites for hydroxylation is 1. The lowest BCUT2D eigenvalue weighted by atomic mass is 10.2. The van der Waals surface area contributed by atoms with E-state index < -0.39 is 11.7 Å². The van der Waals surface area contributed by atoms with Crippen LogP contribution < -0.4 is 11.1 Å². The van der Waals surface area contributed by atoms with E-state index >= 15 is 0 Å². The SMILES string of the molecule is Cc1ccc(CNC(=O)c2ccnc(N)c2F)o1. The summed E-state index contributed by atoms with van der Waals surface area (Å²) in [7, 11) is 0. The molecule has 2 aromatic rings. The number of rotatable bonds is 3. The maximum Gasteiger partial charge on any atom is 0.254 e. The predicted molar refractivity (Wildman–Crippen MR) is 63.2 cm³/mol. The normalized spacial score (nSPS) is 10.3. The lowest BCUT2D eigenvalue weighted by Gasteiger charge is -2.05. The molecule has 94 valence electrons. The Bertz CT molecular complexity index is 580. The van der Waals surface area contributed by atoms with Gasteiger partial charge in [-0.2, -0.15) is 0 Å². The molecule has 0 atom stereocenters. The molecule has 0 radical (unpaired) electrons. The fourth-order valence-corrected chi connectivity index (χ4v) is 1.48. The quantitative estimate of drug-likeness (QED) is 0.866. The first-order valence-corrected chi connectivity index (χ1v) is 5.31. The Labute approximate surface area is 103 Å². The number of amides is 1. The van der Waals surface area contributed by atoms with Gasteiger partial charge in [-0.05, 0) is 25.1 Å². The number of hydrogen-bond acceptors (Lipinski definition) is 4. The van der Waals surface area contributed by atoms with Crippen LogP contribution in [-0.4, -0.2) is 10.9 Å². The molecule has 18 heavy (non-hydrogen) atoms. The third kappa shape index (κ3) is 2.48. The van der Waals surface area contributed by atoms with E-state index in [0.717, 1.165) is 5.76 Å². The van der Waals surface area contributed by atoms with Crippen LogP contribution in [0, 0.1) is 12.7 Å². The summed E-state index contributed by atoms with van der Waals surface area (Å²) >= 11 is 0. The fourth-order valence-electron chi connectivity index (χ4n) is 1.48. The van der Waals surface area contributed by atoms with Crippen molar-refractivity contribution in [3.63, 3.8) is 0 Å². The minimum atomic E-state index is -0.814. The first-order chi connectivity index (χ1) is 8.58. The van der Waals surface area contributed by atoms with Crippen molar-refractivity contribution in [1.82, 2.24) is 10.3 Å². The second-order valence-corrected chi connectivity index (χ2v) is 3.75. The molecular weight excluding hydrogens is 237 g/mol. The average molecular weight is 249 g/mol. The largest absolute Gasteiger partial charge is 0.465 e.